The molecule has 0 amide bonds. The number of halogens is 1. The van der Waals surface area contributed by atoms with Gasteiger partial charge in [-0.15, -0.1) is 35.3 Å². The quantitative estimate of drug-likeness (QED) is 0.322. The Balaban J connectivity index is 0.00000261. The van der Waals surface area contributed by atoms with Crippen LogP contribution in [-0.2, 0) is 20.1 Å². The highest BCUT2D eigenvalue weighted by Gasteiger charge is 2.10. The summed E-state index contributed by atoms with van der Waals surface area (Å²) in [7, 11) is 3.74. The molecule has 27 heavy (non-hydrogen) atoms. The Morgan fingerprint density at radius 2 is 1.85 bits per heavy atom. The van der Waals surface area contributed by atoms with Gasteiger partial charge in [-0.2, -0.15) is 5.10 Å². The molecule has 0 aliphatic heterocycles. The molecular weight excluding hydrogens is 471 g/mol. The van der Waals surface area contributed by atoms with Crippen LogP contribution in [0.25, 0.3) is 10.6 Å². The van der Waals surface area contributed by atoms with E-state index in [4.69, 9.17) is 4.98 Å². The van der Waals surface area contributed by atoms with Gasteiger partial charge in [0.25, 0.3) is 0 Å². The number of hydrogen-bond donors (Lipinski definition) is 2. The van der Waals surface area contributed by atoms with E-state index in [0.717, 1.165) is 33.6 Å². The fraction of sp³-hybridized carbons (Fsp3) is 0.316. The molecule has 0 aliphatic rings. The Labute approximate surface area is 181 Å². The van der Waals surface area contributed by atoms with Crippen molar-refractivity contribution in [3.8, 4) is 10.6 Å². The number of benzene rings is 1. The average molecular weight is 496 g/mol. The fourth-order valence-electron chi connectivity index (χ4n) is 2.74. The van der Waals surface area contributed by atoms with E-state index in [9.17, 15) is 0 Å². The molecule has 3 aromatic rings. The minimum Gasteiger partial charge on any atom is -0.352 e. The molecule has 144 valence electrons. The molecule has 3 rings (SSSR count). The van der Waals surface area contributed by atoms with Gasteiger partial charge in [0.05, 0.1) is 17.9 Å². The van der Waals surface area contributed by atoms with Crippen LogP contribution in [0.1, 0.15) is 22.6 Å². The van der Waals surface area contributed by atoms with Gasteiger partial charge in [-0.25, -0.2) is 4.98 Å². The Bertz CT molecular complexity index is 900. The van der Waals surface area contributed by atoms with Gasteiger partial charge in [0.15, 0.2) is 5.96 Å². The number of aryl methyl sites for hydroxylation is 2. The van der Waals surface area contributed by atoms with E-state index in [2.05, 4.69) is 45.2 Å². The lowest BCUT2D eigenvalue weighted by atomic mass is 10.2. The highest BCUT2D eigenvalue weighted by atomic mass is 127. The number of thiazole rings is 1. The fourth-order valence-corrected chi connectivity index (χ4v) is 3.57. The summed E-state index contributed by atoms with van der Waals surface area (Å²) in [6.45, 7) is 5.43. The molecule has 0 saturated carbocycles. The maximum atomic E-state index is 4.70. The van der Waals surface area contributed by atoms with Gasteiger partial charge in [0.1, 0.15) is 5.01 Å². The van der Waals surface area contributed by atoms with Crippen LogP contribution in [0.5, 0.6) is 0 Å². The molecule has 0 saturated heterocycles. The van der Waals surface area contributed by atoms with Crippen molar-refractivity contribution in [2.45, 2.75) is 26.9 Å². The van der Waals surface area contributed by atoms with E-state index in [-0.39, 0.29) is 24.0 Å². The van der Waals surface area contributed by atoms with Gasteiger partial charge < -0.3 is 10.6 Å². The average Bonchev–Trinajstić information content (AvgIpc) is 3.22. The molecule has 2 heterocycles. The summed E-state index contributed by atoms with van der Waals surface area (Å²) in [5.74, 6) is 0.752. The zero-order chi connectivity index (χ0) is 18.5. The first-order valence-electron chi connectivity index (χ1n) is 8.52. The zero-order valence-electron chi connectivity index (χ0n) is 16.0. The third kappa shape index (κ3) is 5.29. The van der Waals surface area contributed by atoms with E-state index < -0.39 is 0 Å². The summed E-state index contributed by atoms with van der Waals surface area (Å²) in [5, 5.41) is 14.2. The first-order chi connectivity index (χ1) is 12.6. The Hall–Kier alpha value is -1.94. The minimum absolute atomic E-state index is 0. The number of guanidine groups is 1. The number of aromatic nitrogens is 3. The predicted octanol–water partition coefficient (Wildman–Crippen LogP) is 3.64. The summed E-state index contributed by atoms with van der Waals surface area (Å²) in [6, 6.07) is 10.2. The molecule has 0 fully saturated rings. The molecule has 0 radical (unpaired) electrons. The van der Waals surface area contributed by atoms with E-state index in [1.165, 1.54) is 5.56 Å². The molecular formula is C19H25IN6S. The van der Waals surface area contributed by atoms with Crippen molar-refractivity contribution < 1.29 is 0 Å². The molecule has 8 heteroatoms. The number of nitrogens with zero attached hydrogens (tertiary/aromatic N) is 4. The Kier molecular flexibility index (Phi) is 7.78. The van der Waals surface area contributed by atoms with Crippen molar-refractivity contribution in [1.82, 2.24) is 25.4 Å². The molecule has 0 aliphatic carbocycles. The van der Waals surface area contributed by atoms with Crippen LogP contribution in [0.3, 0.4) is 0 Å². The Morgan fingerprint density at radius 3 is 2.48 bits per heavy atom. The number of hydrogen-bond acceptors (Lipinski definition) is 4. The van der Waals surface area contributed by atoms with Crippen LogP contribution >= 0.6 is 35.3 Å². The molecule has 1 aromatic carbocycles. The number of nitrogens with one attached hydrogen (secondary N) is 2. The molecule has 0 spiro atoms. The zero-order valence-corrected chi connectivity index (χ0v) is 19.1. The SMILES string of the molecule is CN=C(NCc1csc(-c2ccccc2)n1)NCc1c(C)nn(C)c1C.I. The lowest BCUT2D eigenvalue weighted by Gasteiger charge is -2.11. The summed E-state index contributed by atoms with van der Waals surface area (Å²) >= 11 is 1.66. The van der Waals surface area contributed by atoms with Crippen LogP contribution in [0, 0.1) is 13.8 Å². The maximum Gasteiger partial charge on any atom is 0.191 e. The predicted molar refractivity (Wildman–Crippen MR) is 123 cm³/mol. The maximum absolute atomic E-state index is 4.70. The van der Waals surface area contributed by atoms with E-state index in [0.29, 0.717) is 13.1 Å². The van der Waals surface area contributed by atoms with Gasteiger partial charge >= 0.3 is 0 Å². The van der Waals surface area contributed by atoms with E-state index in [1.807, 2.05) is 36.9 Å². The topological polar surface area (TPSA) is 67.1 Å². The first-order valence-corrected chi connectivity index (χ1v) is 9.40. The van der Waals surface area contributed by atoms with E-state index in [1.54, 1.807) is 18.4 Å². The van der Waals surface area contributed by atoms with Crippen LogP contribution in [-0.4, -0.2) is 27.8 Å². The summed E-state index contributed by atoms with van der Waals surface area (Å²) in [5.41, 5.74) is 5.56. The molecule has 2 N–H and O–H groups in total. The first kappa shape index (κ1) is 21.4. The van der Waals surface area contributed by atoms with Gasteiger partial charge in [0, 0.05) is 42.8 Å². The summed E-state index contributed by atoms with van der Waals surface area (Å²) < 4.78 is 1.91. The minimum atomic E-state index is 0. The van der Waals surface area contributed by atoms with Crippen molar-refractivity contribution in [3.63, 3.8) is 0 Å². The van der Waals surface area contributed by atoms with Crippen molar-refractivity contribution in [2.24, 2.45) is 12.0 Å². The van der Waals surface area contributed by atoms with Gasteiger partial charge in [-0.05, 0) is 13.8 Å². The van der Waals surface area contributed by atoms with Crippen LogP contribution in [0.4, 0.5) is 0 Å². The van der Waals surface area contributed by atoms with Gasteiger partial charge in [0.2, 0.25) is 0 Å². The largest absolute Gasteiger partial charge is 0.352 e. The van der Waals surface area contributed by atoms with Crippen molar-refractivity contribution in [1.29, 1.82) is 0 Å². The second-order valence-electron chi connectivity index (χ2n) is 6.06. The standard InChI is InChI=1S/C19H24N6S.HI/c1-13-17(14(2)25(4)24-13)11-22-19(20-3)21-10-16-12-26-18(23-16)15-8-6-5-7-9-15;/h5-9,12H,10-11H2,1-4H3,(H2,20,21,22);1H. The second-order valence-corrected chi connectivity index (χ2v) is 6.92. The summed E-state index contributed by atoms with van der Waals surface area (Å²) in [4.78, 5) is 8.99. The monoisotopic (exact) mass is 496 g/mol. The van der Waals surface area contributed by atoms with Crippen LogP contribution < -0.4 is 10.6 Å². The van der Waals surface area contributed by atoms with Crippen LogP contribution in [0.2, 0.25) is 0 Å². The Morgan fingerprint density at radius 1 is 1.15 bits per heavy atom. The van der Waals surface area contributed by atoms with Crippen molar-refractivity contribution in [3.05, 3.63) is 58.4 Å². The normalized spacial score (nSPS) is 11.2. The second kappa shape index (κ2) is 9.84. The summed E-state index contributed by atoms with van der Waals surface area (Å²) in [6.07, 6.45) is 0. The lowest BCUT2D eigenvalue weighted by Crippen LogP contribution is -2.36. The van der Waals surface area contributed by atoms with Gasteiger partial charge in [-0.3, -0.25) is 9.67 Å². The van der Waals surface area contributed by atoms with Crippen LogP contribution in [0.15, 0.2) is 40.7 Å². The molecule has 0 atom stereocenters. The van der Waals surface area contributed by atoms with Crippen molar-refractivity contribution >= 4 is 41.3 Å². The van der Waals surface area contributed by atoms with Gasteiger partial charge in [-0.1, -0.05) is 30.3 Å². The lowest BCUT2D eigenvalue weighted by molar-refractivity contribution is 0.728. The number of aliphatic imine (C=N–C) groups is 1. The third-order valence-corrected chi connectivity index (χ3v) is 5.26. The number of rotatable bonds is 5. The van der Waals surface area contributed by atoms with E-state index >= 15 is 0 Å². The highest BCUT2D eigenvalue weighted by molar-refractivity contribution is 14.0. The van der Waals surface area contributed by atoms with Crippen molar-refractivity contribution in [2.75, 3.05) is 7.05 Å². The molecule has 0 unspecified atom stereocenters. The highest BCUT2D eigenvalue weighted by Crippen LogP contribution is 2.23. The molecule has 2 aromatic heterocycles. The molecule has 0 bridgehead atoms. The smallest absolute Gasteiger partial charge is 0.191 e. The molecule has 6 nitrogen and oxygen atoms in total. The third-order valence-electron chi connectivity index (χ3n) is 4.32.